The van der Waals surface area contributed by atoms with E-state index in [4.69, 9.17) is 0 Å². The highest BCUT2D eigenvalue weighted by Crippen LogP contribution is 2.40. The summed E-state index contributed by atoms with van der Waals surface area (Å²) in [4.78, 5) is 36.7. The number of hydrogen-bond donors (Lipinski definition) is 1. The smallest absolute Gasteiger partial charge is 0.322 e. The predicted octanol–water partition coefficient (Wildman–Crippen LogP) is 3.08. The zero-order valence-corrected chi connectivity index (χ0v) is 15.9. The summed E-state index contributed by atoms with van der Waals surface area (Å²) in [5.41, 5.74) is 1.68. The van der Waals surface area contributed by atoms with Gasteiger partial charge in [0.15, 0.2) is 5.82 Å². The van der Waals surface area contributed by atoms with Gasteiger partial charge in [0.25, 0.3) is 5.91 Å². The van der Waals surface area contributed by atoms with Crippen molar-refractivity contribution in [3.63, 3.8) is 0 Å². The maximum atomic E-state index is 13.7. The van der Waals surface area contributed by atoms with Gasteiger partial charge in [-0.15, -0.1) is 0 Å². The van der Waals surface area contributed by atoms with Gasteiger partial charge in [0.2, 0.25) is 0 Å². The number of fused-ring (bicyclic) bond motifs is 2. The Morgan fingerprint density at radius 1 is 1.14 bits per heavy atom. The van der Waals surface area contributed by atoms with Crippen molar-refractivity contribution in [1.29, 1.82) is 0 Å². The van der Waals surface area contributed by atoms with Crippen LogP contribution in [0.4, 0.5) is 22.0 Å². The number of amides is 3. The number of urea groups is 1. The van der Waals surface area contributed by atoms with Crippen molar-refractivity contribution >= 4 is 29.1 Å². The average molecular weight is 377 g/mol. The molecule has 1 N–H and O–H groups in total. The van der Waals surface area contributed by atoms with E-state index in [9.17, 15) is 9.59 Å². The van der Waals surface area contributed by atoms with Crippen molar-refractivity contribution in [2.24, 2.45) is 0 Å². The van der Waals surface area contributed by atoms with Crippen LogP contribution in [0, 0.1) is 0 Å². The first-order valence-electron chi connectivity index (χ1n) is 9.75. The molecule has 1 aromatic carbocycles. The third kappa shape index (κ3) is 2.50. The van der Waals surface area contributed by atoms with E-state index in [2.05, 4.69) is 22.2 Å². The number of likely N-dealkylation sites (tertiary alicyclic amines) is 2. The molecule has 1 atom stereocenters. The fourth-order valence-electron chi connectivity index (χ4n) is 4.78. The molecular weight excluding hydrogens is 354 g/mol. The number of carbonyl (C=O) groups excluding carboxylic acids is 2. The van der Waals surface area contributed by atoms with Crippen molar-refractivity contribution in [1.82, 2.24) is 14.8 Å². The topological polar surface area (TPSA) is 68.8 Å². The van der Waals surface area contributed by atoms with Crippen LogP contribution in [0.2, 0.25) is 0 Å². The highest BCUT2D eigenvalue weighted by atomic mass is 16.2. The van der Waals surface area contributed by atoms with Crippen molar-refractivity contribution in [3.8, 4) is 0 Å². The van der Waals surface area contributed by atoms with Crippen LogP contribution in [-0.2, 0) is 0 Å². The molecule has 5 rings (SSSR count). The largest absolute Gasteiger partial charge is 0.330 e. The Balaban J connectivity index is 1.57. The van der Waals surface area contributed by atoms with Gasteiger partial charge in [0, 0.05) is 24.8 Å². The summed E-state index contributed by atoms with van der Waals surface area (Å²) in [7, 11) is 2.15. The van der Waals surface area contributed by atoms with Gasteiger partial charge in [0.05, 0.1) is 16.9 Å². The normalized spacial score (nSPS) is 24.1. The number of hydrogen-bond acceptors (Lipinski definition) is 4. The number of anilines is 3. The number of pyridine rings is 1. The lowest BCUT2D eigenvalue weighted by atomic mass is 9.96. The van der Waals surface area contributed by atoms with Crippen molar-refractivity contribution in [2.45, 2.75) is 24.8 Å². The Labute approximate surface area is 163 Å². The molecule has 0 aliphatic carbocycles. The summed E-state index contributed by atoms with van der Waals surface area (Å²) in [5, 5.41) is 2.89. The summed E-state index contributed by atoms with van der Waals surface area (Å²) in [5.74, 6) is 0.236. The molecule has 0 saturated carbocycles. The maximum absolute atomic E-state index is 13.7. The number of carbonyl (C=O) groups is 2. The number of para-hydroxylation sites is 1. The van der Waals surface area contributed by atoms with Crippen LogP contribution >= 0.6 is 0 Å². The Kier molecular flexibility index (Phi) is 3.87. The minimum Gasteiger partial charge on any atom is -0.322 e. The highest BCUT2D eigenvalue weighted by molar-refractivity contribution is 6.16. The Morgan fingerprint density at radius 2 is 2.00 bits per heavy atom. The molecule has 2 saturated heterocycles. The van der Waals surface area contributed by atoms with E-state index in [1.807, 2.05) is 23.1 Å². The minimum atomic E-state index is -0.228. The van der Waals surface area contributed by atoms with Gasteiger partial charge in [-0.2, -0.15) is 0 Å². The highest BCUT2D eigenvalue weighted by Gasteiger charge is 2.47. The molecule has 1 spiro atoms. The van der Waals surface area contributed by atoms with Crippen LogP contribution in [0.5, 0.6) is 0 Å². The van der Waals surface area contributed by atoms with Gasteiger partial charge in [-0.25, -0.2) is 14.7 Å². The maximum Gasteiger partial charge on any atom is 0.330 e. The second kappa shape index (κ2) is 6.31. The molecule has 3 amide bonds. The van der Waals surface area contributed by atoms with Crippen LogP contribution in [0.3, 0.4) is 0 Å². The van der Waals surface area contributed by atoms with Crippen LogP contribution < -0.4 is 10.2 Å². The van der Waals surface area contributed by atoms with E-state index >= 15 is 0 Å². The fraction of sp³-hybridized carbons (Fsp3) is 0.381. The molecule has 28 heavy (non-hydrogen) atoms. The van der Waals surface area contributed by atoms with E-state index < -0.39 is 0 Å². The Bertz CT molecular complexity index is 961. The number of aromatic nitrogens is 1. The van der Waals surface area contributed by atoms with Gasteiger partial charge in [-0.1, -0.05) is 12.1 Å². The van der Waals surface area contributed by atoms with Crippen molar-refractivity contribution < 1.29 is 9.59 Å². The molecule has 3 aliphatic heterocycles. The predicted molar refractivity (Wildman–Crippen MR) is 107 cm³/mol. The first-order chi connectivity index (χ1) is 13.6. The molecule has 1 aromatic heterocycles. The molecular formula is C21H23N5O2. The number of nitrogens with one attached hydrogen (secondary N) is 1. The molecule has 4 heterocycles. The Morgan fingerprint density at radius 3 is 2.82 bits per heavy atom. The monoisotopic (exact) mass is 377 g/mol. The van der Waals surface area contributed by atoms with Crippen molar-refractivity contribution in [3.05, 3.63) is 48.2 Å². The minimum absolute atomic E-state index is 0.0854. The second-order valence-electron chi connectivity index (χ2n) is 7.88. The first kappa shape index (κ1) is 17.2. The van der Waals surface area contributed by atoms with Gasteiger partial charge in [-0.05, 0) is 57.1 Å². The molecule has 2 aromatic rings. The molecule has 7 nitrogen and oxygen atoms in total. The van der Waals surface area contributed by atoms with Crippen LogP contribution in [0.1, 0.15) is 29.6 Å². The lowest BCUT2D eigenvalue weighted by molar-refractivity contribution is 0.102. The van der Waals surface area contributed by atoms with Crippen LogP contribution in [0.15, 0.2) is 42.6 Å². The molecule has 144 valence electrons. The average Bonchev–Trinajstić information content (AvgIpc) is 3.27. The standard InChI is InChI=1S/C21H23N5O2/c1-24-12-5-9-21(24)10-13-25(14-21)20(28)26-17-8-3-2-6-15(17)19(27)23-16-7-4-11-22-18(16)26/h2-4,6-8,11H,5,9-10,12-14H2,1H3,(H,23,27). The van der Waals surface area contributed by atoms with Crippen LogP contribution in [-0.4, -0.2) is 58.9 Å². The van der Waals surface area contributed by atoms with Gasteiger partial charge < -0.3 is 10.2 Å². The number of benzene rings is 1. The number of nitrogens with zero attached hydrogens (tertiary/aromatic N) is 4. The Hall–Kier alpha value is -2.93. The third-order valence-corrected chi connectivity index (χ3v) is 6.38. The van der Waals surface area contributed by atoms with Gasteiger partial charge >= 0.3 is 6.03 Å². The molecule has 1 unspecified atom stereocenters. The molecule has 0 radical (unpaired) electrons. The number of likely N-dealkylation sites (N-methyl/N-ethyl adjacent to an activating group) is 1. The van der Waals surface area contributed by atoms with E-state index in [1.165, 1.54) is 6.42 Å². The zero-order valence-electron chi connectivity index (χ0n) is 15.9. The summed E-state index contributed by atoms with van der Waals surface area (Å²) < 4.78 is 0. The van der Waals surface area contributed by atoms with Crippen molar-refractivity contribution in [2.75, 3.05) is 36.9 Å². The summed E-state index contributed by atoms with van der Waals surface area (Å²) in [6, 6.07) is 10.6. The zero-order chi connectivity index (χ0) is 19.3. The van der Waals surface area contributed by atoms with E-state index in [0.29, 0.717) is 35.8 Å². The SMILES string of the molecule is CN1CCCC12CCN(C(=O)N1c3ccccc3C(=O)Nc3cccnc31)C2. The van der Waals surface area contributed by atoms with Crippen LogP contribution in [0.25, 0.3) is 0 Å². The quantitative estimate of drug-likeness (QED) is 0.766. The summed E-state index contributed by atoms with van der Waals surface area (Å²) in [6.45, 7) is 2.51. The van der Waals surface area contributed by atoms with Gasteiger partial charge in [-0.3, -0.25) is 9.69 Å². The summed E-state index contributed by atoms with van der Waals surface area (Å²) in [6.07, 6.45) is 4.93. The van der Waals surface area contributed by atoms with Gasteiger partial charge in [0.1, 0.15) is 0 Å². The third-order valence-electron chi connectivity index (χ3n) is 6.38. The second-order valence-corrected chi connectivity index (χ2v) is 7.88. The lowest BCUT2D eigenvalue weighted by Crippen LogP contribution is -2.47. The van der Waals surface area contributed by atoms with E-state index in [1.54, 1.807) is 29.3 Å². The number of rotatable bonds is 0. The fourth-order valence-corrected chi connectivity index (χ4v) is 4.78. The first-order valence-corrected chi connectivity index (χ1v) is 9.75. The molecule has 7 heteroatoms. The molecule has 3 aliphatic rings. The summed E-state index contributed by atoms with van der Waals surface area (Å²) >= 11 is 0. The molecule has 0 bridgehead atoms. The lowest BCUT2D eigenvalue weighted by Gasteiger charge is -2.33. The van der Waals surface area contributed by atoms with E-state index in [-0.39, 0.29) is 17.5 Å². The molecule has 2 fully saturated rings. The van der Waals surface area contributed by atoms with E-state index in [0.717, 1.165) is 19.4 Å².